The zero-order chi connectivity index (χ0) is 26.8. The van der Waals surface area contributed by atoms with E-state index in [1.807, 2.05) is 6.92 Å². The molecule has 0 aromatic heterocycles. The third-order valence-electron chi connectivity index (χ3n) is 5.10. The summed E-state index contributed by atoms with van der Waals surface area (Å²) in [5.41, 5.74) is 4.21. The van der Waals surface area contributed by atoms with Crippen LogP contribution in [0.3, 0.4) is 0 Å². The van der Waals surface area contributed by atoms with Gasteiger partial charge in [-0.1, -0.05) is 29.8 Å². The lowest BCUT2D eigenvalue weighted by Crippen LogP contribution is -2.39. The molecule has 0 aliphatic carbocycles. The van der Waals surface area contributed by atoms with E-state index < -0.39 is 28.4 Å². The Labute approximate surface area is 215 Å². The minimum absolute atomic E-state index is 0.00828. The van der Waals surface area contributed by atoms with Crippen molar-refractivity contribution in [2.75, 3.05) is 31.7 Å². The van der Waals surface area contributed by atoms with Crippen LogP contribution in [0, 0.1) is 6.92 Å². The fourth-order valence-corrected chi connectivity index (χ4v) is 4.55. The van der Waals surface area contributed by atoms with Crippen LogP contribution in [0.5, 0.6) is 11.5 Å². The number of aryl methyl sites for hydroxylation is 1. The monoisotopic (exact) mass is 525 g/mol. The molecule has 0 aliphatic heterocycles. The zero-order valence-electron chi connectivity index (χ0n) is 20.6. The molecule has 37 heavy (non-hydrogen) atoms. The number of hydrogen-bond donors (Lipinski definition) is 1. The number of methoxy groups -OCH3 is 2. The molecule has 0 unspecified atom stereocenters. The van der Waals surface area contributed by atoms with Crippen molar-refractivity contribution >= 4 is 33.8 Å². The summed E-state index contributed by atoms with van der Waals surface area (Å²) in [6.07, 6.45) is 1.37. The Balaban J connectivity index is 1.75. The number of carbonyl (C=O) groups excluding carboxylic acids is 2. The maximum atomic E-state index is 13.4. The first kappa shape index (κ1) is 27.2. The molecule has 0 saturated carbocycles. The van der Waals surface area contributed by atoms with E-state index in [4.69, 9.17) is 9.47 Å². The molecule has 194 valence electrons. The van der Waals surface area contributed by atoms with Crippen LogP contribution >= 0.6 is 0 Å². The van der Waals surface area contributed by atoms with Crippen LogP contribution < -0.4 is 19.2 Å². The molecule has 3 aromatic rings. The molecule has 0 aliphatic rings. The quantitative estimate of drug-likeness (QED) is 0.232. The Hall–Kier alpha value is -4.38. The van der Waals surface area contributed by atoms with Gasteiger partial charge in [-0.05, 0) is 61.0 Å². The Morgan fingerprint density at radius 3 is 2.32 bits per heavy atom. The molecule has 0 spiro atoms. The van der Waals surface area contributed by atoms with Gasteiger partial charge in [-0.25, -0.2) is 18.6 Å². The average Bonchev–Trinajstić information content (AvgIpc) is 2.91. The van der Waals surface area contributed by atoms with E-state index in [1.165, 1.54) is 44.7 Å². The number of esters is 1. The number of nitrogens with zero attached hydrogens (tertiary/aromatic N) is 2. The van der Waals surface area contributed by atoms with Gasteiger partial charge >= 0.3 is 5.97 Å². The molecular formula is C26H27N3O7S. The van der Waals surface area contributed by atoms with E-state index in [-0.39, 0.29) is 11.5 Å². The lowest BCUT2D eigenvalue weighted by Gasteiger charge is -2.24. The predicted octanol–water partition coefficient (Wildman–Crippen LogP) is 2.90. The van der Waals surface area contributed by atoms with Crippen LogP contribution in [0.15, 0.2) is 82.8 Å². The van der Waals surface area contributed by atoms with E-state index in [0.29, 0.717) is 22.7 Å². The standard InChI is InChI=1S/C26H27N3O7S/c1-19-7-9-21(10-8-19)29(37(32,33)24-13-11-22(34-2)12-14-24)17-25(30)28-27-16-20-5-4-6-23(15-20)36-18-26(31)35-3/h4-16H,17-18H2,1-3H3,(H,28,30)/b27-16-. The summed E-state index contributed by atoms with van der Waals surface area (Å²) in [6, 6.07) is 19.4. The number of hydrogen-bond acceptors (Lipinski definition) is 8. The Kier molecular flexibility index (Phi) is 9.22. The highest BCUT2D eigenvalue weighted by Crippen LogP contribution is 2.25. The highest BCUT2D eigenvalue weighted by Gasteiger charge is 2.27. The van der Waals surface area contributed by atoms with Gasteiger partial charge in [0.15, 0.2) is 6.61 Å². The minimum atomic E-state index is -4.07. The van der Waals surface area contributed by atoms with Gasteiger partial charge < -0.3 is 14.2 Å². The van der Waals surface area contributed by atoms with Crippen LogP contribution in [0.1, 0.15) is 11.1 Å². The van der Waals surface area contributed by atoms with Crippen LogP contribution in [-0.2, 0) is 24.3 Å². The van der Waals surface area contributed by atoms with Gasteiger partial charge in [0.1, 0.15) is 18.0 Å². The van der Waals surface area contributed by atoms with E-state index in [2.05, 4.69) is 15.3 Å². The van der Waals surface area contributed by atoms with Gasteiger partial charge in [0, 0.05) is 0 Å². The molecule has 10 nitrogen and oxygen atoms in total. The number of benzene rings is 3. The van der Waals surface area contributed by atoms with Crippen LogP contribution in [-0.4, -0.2) is 53.9 Å². The molecular weight excluding hydrogens is 498 g/mol. The first-order valence-electron chi connectivity index (χ1n) is 11.1. The summed E-state index contributed by atoms with van der Waals surface area (Å²) in [4.78, 5) is 24.0. The number of anilines is 1. The second-order valence-corrected chi connectivity index (χ2v) is 9.62. The molecule has 0 radical (unpaired) electrons. The van der Waals surface area contributed by atoms with Gasteiger partial charge in [0.25, 0.3) is 15.9 Å². The Bertz CT molecular complexity index is 1360. The first-order valence-corrected chi connectivity index (χ1v) is 12.5. The largest absolute Gasteiger partial charge is 0.497 e. The van der Waals surface area contributed by atoms with Crippen LogP contribution in [0.25, 0.3) is 0 Å². The van der Waals surface area contributed by atoms with Crippen molar-refractivity contribution < 1.29 is 32.2 Å². The lowest BCUT2D eigenvalue weighted by atomic mass is 10.2. The molecule has 3 rings (SSSR count). The molecule has 0 fully saturated rings. The van der Waals surface area contributed by atoms with Crippen molar-refractivity contribution in [3.63, 3.8) is 0 Å². The van der Waals surface area contributed by atoms with E-state index >= 15 is 0 Å². The second kappa shape index (κ2) is 12.5. The maximum Gasteiger partial charge on any atom is 0.343 e. The zero-order valence-corrected chi connectivity index (χ0v) is 21.4. The fraction of sp³-hybridized carbons (Fsp3) is 0.192. The summed E-state index contributed by atoms with van der Waals surface area (Å²) in [7, 11) is -1.33. The topological polar surface area (TPSA) is 124 Å². The molecule has 0 heterocycles. The normalized spacial score (nSPS) is 11.1. The smallest absolute Gasteiger partial charge is 0.343 e. The first-order chi connectivity index (χ1) is 17.7. The molecule has 1 amide bonds. The van der Waals surface area contributed by atoms with Gasteiger partial charge in [0.2, 0.25) is 0 Å². The van der Waals surface area contributed by atoms with Crippen molar-refractivity contribution in [1.29, 1.82) is 0 Å². The highest BCUT2D eigenvalue weighted by molar-refractivity contribution is 7.92. The molecule has 0 atom stereocenters. The minimum Gasteiger partial charge on any atom is -0.497 e. The summed E-state index contributed by atoms with van der Waals surface area (Å²) < 4.78 is 42.9. The summed E-state index contributed by atoms with van der Waals surface area (Å²) >= 11 is 0. The number of nitrogens with one attached hydrogen (secondary N) is 1. The van der Waals surface area contributed by atoms with Crippen molar-refractivity contribution in [1.82, 2.24) is 5.43 Å². The van der Waals surface area contributed by atoms with Gasteiger partial charge in [-0.15, -0.1) is 0 Å². The molecule has 0 bridgehead atoms. The molecule has 1 N–H and O–H groups in total. The van der Waals surface area contributed by atoms with Crippen molar-refractivity contribution in [2.24, 2.45) is 5.10 Å². The SMILES string of the molecule is COC(=O)COc1cccc(/C=N\NC(=O)CN(c2ccc(C)cc2)S(=O)(=O)c2ccc(OC)cc2)c1. The molecule has 11 heteroatoms. The fourth-order valence-electron chi connectivity index (χ4n) is 3.13. The Morgan fingerprint density at radius 2 is 1.68 bits per heavy atom. The summed E-state index contributed by atoms with van der Waals surface area (Å²) in [5, 5.41) is 3.92. The lowest BCUT2D eigenvalue weighted by molar-refractivity contribution is -0.142. The highest BCUT2D eigenvalue weighted by atomic mass is 32.2. The third kappa shape index (κ3) is 7.55. The summed E-state index contributed by atoms with van der Waals surface area (Å²) in [6.45, 7) is 1.13. The molecule has 0 saturated heterocycles. The number of amides is 1. The van der Waals surface area contributed by atoms with Crippen LogP contribution in [0.2, 0.25) is 0 Å². The van der Waals surface area contributed by atoms with Gasteiger partial charge in [-0.3, -0.25) is 9.10 Å². The second-order valence-electron chi connectivity index (χ2n) is 7.75. The van der Waals surface area contributed by atoms with Crippen molar-refractivity contribution in [3.05, 3.63) is 83.9 Å². The Morgan fingerprint density at radius 1 is 0.973 bits per heavy atom. The number of sulfonamides is 1. The van der Waals surface area contributed by atoms with Gasteiger partial charge in [-0.2, -0.15) is 5.10 Å². The number of ether oxygens (including phenoxy) is 3. The average molecular weight is 526 g/mol. The third-order valence-corrected chi connectivity index (χ3v) is 6.89. The maximum absolute atomic E-state index is 13.4. The number of rotatable bonds is 11. The predicted molar refractivity (Wildman–Crippen MR) is 138 cm³/mol. The van der Waals surface area contributed by atoms with Crippen LogP contribution in [0.4, 0.5) is 5.69 Å². The van der Waals surface area contributed by atoms with Crippen molar-refractivity contribution in [2.45, 2.75) is 11.8 Å². The van der Waals surface area contributed by atoms with Gasteiger partial charge in [0.05, 0.1) is 31.0 Å². The van der Waals surface area contributed by atoms with E-state index in [9.17, 15) is 18.0 Å². The van der Waals surface area contributed by atoms with E-state index in [0.717, 1.165) is 9.87 Å². The number of hydrazone groups is 1. The van der Waals surface area contributed by atoms with Crippen molar-refractivity contribution in [3.8, 4) is 11.5 Å². The van der Waals surface area contributed by atoms with E-state index in [1.54, 1.807) is 48.5 Å². The molecule has 3 aromatic carbocycles. The summed E-state index contributed by atoms with van der Waals surface area (Å²) in [5.74, 6) is -0.245. The number of carbonyl (C=O) groups is 2.